The second-order valence-electron chi connectivity index (χ2n) is 2.57. The Morgan fingerprint density at radius 1 is 0.929 bits per heavy atom. The maximum atomic E-state index is 12.6. The quantitative estimate of drug-likeness (QED) is 0.632. The van der Waals surface area contributed by atoms with E-state index in [-0.39, 0.29) is 11.8 Å². The molecule has 0 saturated carbocycles. The van der Waals surface area contributed by atoms with E-state index in [0.717, 1.165) is 6.26 Å². The number of alkyl halides is 6. The number of allylic oxidation sites excluding steroid dienone is 2. The van der Waals surface area contributed by atoms with Crippen LogP contribution in [-0.2, 0) is 0 Å². The van der Waals surface area contributed by atoms with Gasteiger partial charge in [-0.2, -0.15) is 26.3 Å². The van der Waals surface area contributed by atoms with E-state index in [1.165, 1.54) is 0 Å². The molecule has 0 fully saturated rings. The van der Waals surface area contributed by atoms with Gasteiger partial charge in [0.1, 0.15) is 0 Å². The number of halogens is 7. The summed E-state index contributed by atoms with van der Waals surface area (Å²) in [5, 5.41) is 0. The van der Waals surface area contributed by atoms with Crippen LogP contribution in [0.3, 0.4) is 0 Å². The summed E-state index contributed by atoms with van der Waals surface area (Å²) in [4.78, 5) is -1.91. The fraction of sp³-hybridized carbons (Fsp3) is 0.667. The van der Waals surface area contributed by atoms with Crippen molar-refractivity contribution in [3.63, 3.8) is 0 Å². The molecule has 1 rings (SSSR count). The molecule has 8 heteroatoms. The number of hydrogen-bond acceptors (Lipinski definition) is 1. The van der Waals surface area contributed by atoms with Crippen molar-refractivity contribution in [2.24, 2.45) is 0 Å². The van der Waals surface area contributed by atoms with Crippen LogP contribution in [0.2, 0.25) is 0 Å². The molecule has 0 heterocycles. The molecule has 0 amide bonds. The number of thioether (sulfide) groups is 1. The van der Waals surface area contributed by atoms with E-state index in [4.69, 9.17) is 0 Å². The van der Waals surface area contributed by atoms with Crippen molar-refractivity contribution in [3.05, 3.63) is 10.7 Å². The molecule has 1 aliphatic rings. The van der Waals surface area contributed by atoms with Crippen molar-refractivity contribution in [2.75, 3.05) is 6.26 Å². The summed E-state index contributed by atoms with van der Waals surface area (Å²) < 4.78 is 87.2. The Balaban J connectivity index is 3.39. The molecule has 0 N–H and O–H groups in total. The Morgan fingerprint density at radius 2 is 1.36 bits per heavy atom. The third-order valence-electron chi connectivity index (χ3n) is 1.75. The fourth-order valence-corrected chi connectivity index (χ4v) is 1.67. The van der Waals surface area contributed by atoms with Crippen molar-refractivity contribution in [2.45, 2.75) is 17.8 Å². The predicted octanol–water partition coefficient (Wildman–Crippen LogP) is 3.45. The van der Waals surface area contributed by atoms with Crippen LogP contribution in [-0.4, -0.2) is 24.0 Å². The van der Waals surface area contributed by atoms with Gasteiger partial charge in [0.15, 0.2) is 5.83 Å². The molecule has 0 aliphatic heterocycles. The van der Waals surface area contributed by atoms with E-state index >= 15 is 0 Å². The molecule has 0 radical (unpaired) electrons. The van der Waals surface area contributed by atoms with Gasteiger partial charge in [-0.15, -0.1) is 11.8 Å². The van der Waals surface area contributed by atoms with Gasteiger partial charge in [-0.1, -0.05) is 0 Å². The molecule has 0 aromatic carbocycles. The van der Waals surface area contributed by atoms with E-state index < -0.39 is 28.5 Å². The predicted molar refractivity (Wildman–Crippen MR) is 36.5 cm³/mol. The minimum absolute atomic E-state index is 0.153. The Labute approximate surface area is 78.2 Å². The van der Waals surface area contributed by atoms with Crippen molar-refractivity contribution >= 4 is 11.8 Å². The summed E-state index contributed by atoms with van der Waals surface area (Å²) in [6.07, 6.45) is 0.820. The van der Waals surface area contributed by atoms with Crippen LogP contribution in [0.5, 0.6) is 0 Å². The van der Waals surface area contributed by atoms with Crippen LogP contribution < -0.4 is 0 Å². The SMILES string of the molecule is CSC1=C(F)C(F)(F)C(F)(F)C1(F)F. The van der Waals surface area contributed by atoms with Gasteiger partial charge in [-0.05, 0) is 6.26 Å². The first kappa shape index (κ1) is 11.7. The highest BCUT2D eigenvalue weighted by Gasteiger charge is 2.81. The molecule has 0 aromatic heterocycles. The minimum Gasteiger partial charge on any atom is -0.204 e. The lowest BCUT2D eigenvalue weighted by atomic mass is 10.2. The molecule has 0 spiro atoms. The standard InChI is InChI=1S/C6H3F7S/c1-14-3-2(7)4(8,9)6(12,13)5(3,10)11/h1H3. The molecule has 0 unspecified atom stereocenters. The molecular formula is C6H3F7S. The largest absolute Gasteiger partial charge is 0.383 e. The summed E-state index contributed by atoms with van der Waals surface area (Å²) >= 11 is -0.153. The van der Waals surface area contributed by atoms with Gasteiger partial charge < -0.3 is 0 Å². The average molecular weight is 240 g/mol. The average Bonchev–Trinajstić information content (AvgIpc) is 2.10. The fourth-order valence-electron chi connectivity index (χ4n) is 0.976. The van der Waals surface area contributed by atoms with Crippen LogP contribution in [0.25, 0.3) is 0 Å². The van der Waals surface area contributed by atoms with Crippen LogP contribution in [0.15, 0.2) is 10.7 Å². The van der Waals surface area contributed by atoms with Crippen molar-refractivity contribution in [3.8, 4) is 0 Å². The minimum atomic E-state index is -5.71. The van der Waals surface area contributed by atoms with Crippen LogP contribution >= 0.6 is 11.8 Å². The molecular weight excluding hydrogens is 237 g/mol. The van der Waals surface area contributed by atoms with Crippen LogP contribution in [0, 0.1) is 0 Å². The Kier molecular flexibility index (Phi) is 2.34. The van der Waals surface area contributed by atoms with E-state index in [0.29, 0.717) is 0 Å². The molecule has 0 bridgehead atoms. The third-order valence-corrected chi connectivity index (χ3v) is 2.60. The molecule has 0 aromatic rings. The normalized spacial score (nSPS) is 28.3. The Bertz CT molecular complexity index is 293. The van der Waals surface area contributed by atoms with E-state index in [1.807, 2.05) is 0 Å². The summed E-state index contributed by atoms with van der Waals surface area (Å²) in [6.45, 7) is 0. The lowest BCUT2D eigenvalue weighted by Crippen LogP contribution is -2.48. The molecule has 82 valence electrons. The molecule has 14 heavy (non-hydrogen) atoms. The van der Waals surface area contributed by atoms with Crippen molar-refractivity contribution in [1.29, 1.82) is 0 Å². The number of rotatable bonds is 1. The second-order valence-corrected chi connectivity index (χ2v) is 3.39. The maximum absolute atomic E-state index is 12.6. The van der Waals surface area contributed by atoms with Crippen molar-refractivity contribution in [1.82, 2.24) is 0 Å². The second kappa shape index (κ2) is 2.80. The highest BCUT2D eigenvalue weighted by atomic mass is 32.2. The zero-order valence-corrected chi connectivity index (χ0v) is 7.37. The smallest absolute Gasteiger partial charge is 0.204 e. The highest BCUT2D eigenvalue weighted by molar-refractivity contribution is 8.02. The van der Waals surface area contributed by atoms with Gasteiger partial charge in [0, 0.05) is 0 Å². The van der Waals surface area contributed by atoms with Gasteiger partial charge in [0.25, 0.3) is 0 Å². The lowest BCUT2D eigenvalue weighted by Gasteiger charge is -2.23. The summed E-state index contributed by atoms with van der Waals surface area (Å²) in [5.74, 6) is -19.0. The monoisotopic (exact) mass is 240 g/mol. The highest BCUT2D eigenvalue weighted by Crippen LogP contribution is 2.61. The van der Waals surface area contributed by atoms with Crippen LogP contribution in [0.4, 0.5) is 30.7 Å². The first-order valence-electron chi connectivity index (χ1n) is 3.19. The summed E-state index contributed by atoms with van der Waals surface area (Å²) in [7, 11) is 0. The first-order chi connectivity index (χ1) is 6.10. The Morgan fingerprint density at radius 3 is 1.50 bits per heavy atom. The summed E-state index contributed by atoms with van der Waals surface area (Å²) in [6, 6.07) is 0. The topological polar surface area (TPSA) is 0 Å². The van der Waals surface area contributed by atoms with Gasteiger partial charge in [0.2, 0.25) is 0 Å². The van der Waals surface area contributed by atoms with E-state index in [2.05, 4.69) is 0 Å². The maximum Gasteiger partial charge on any atom is 0.383 e. The molecule has 0 nitrogen and oxygen atoms in total. The zero-order valence-electron chi connectivity index (χ0n) is 6.55. The van der Waals surface area contributed by atoms with Gasteiger partial charge in [-0.25, -0.2) is 4.39 Å². The van der Waals surface area contributed by atoms with Crippen LogP contribution in [0.1, 0.15) is 0 Å². The van der Waals surface area contributed by atoms with E-state index in [1.54, 1.807) is 0 Å². The van der Waals surface area contributed by atoms with Gasteiger partial charge in [-0.3, -0.25) is 0 Å². The van der Waals surface area contributed by atoms with Crippen molar-refractivity contribution < 1.29 is 30.7 Å². The van der Waals surface area contributed by atoms with E-state index in [9.17, 15) is 30.7 Å². The third kappa shape index (κ3) is 1.03. The van der Waals surface area contributed by atoms with Gasteiger partial charge >= 0.3 is 17.8 Å². The molecule has 0 atom stereocenters. The Hall–Kier alpha value is -0.400. The molecule has 0 saturated heterocycles. The number of hydrogen-bond donors (Lipinski definition) is 0. The lowest BCUT2D eigenvalue weighted by molar-refractivity contribution is -0.266. The molecule has 1 aliphatic carbocycles. The summed E-state index contributed by atoms with van der Waals surface area (Å²) in [5.41, 5.74) is 0. The first-order valence-corrected chi connectivity index (χ1v) is 4.41. The zero-order chi connectivity index (χ0) is 11.4. The van der Waals surface area contributed by atoms with Gasteiger partial charge in [0.05, 0.1) is 4.91 Å².